The summed E-state index contributed by atoms with van der Waals surface area (Å²) in [6.45, 7) is -0.480. The molecule has 0 bridgehead atoms. The molecule has 17 heavy (non-hydrogen) atoms. The zero-order valence-electron chi connectivity index (χ0n) is 8.32. The predicted octanol–water partition coefficient (Wildman–Crippen LogP) is -2.14. The summed E-state index contributed by atoms with van der Waals surface area (Å²) in [4.78, 5) is 43.8. The van der Waals surface area contributed by atoms with Gasteiger partial charge in [0, 0.05) is 0 Å². The van der Waals surface area contributed by atoms with E-state index < -0.39 is 40.4 Å². The van der Waals surface area contributed by atoms with Gasteiger partial charge in [-0.1, -0.05) is 0 Å². The minimum Gasteiger partial charge on any atom is -0.480 e. The van der Waals surface area contributed by atoms with Crippen LogP contribution >= 0.6 is 0 Å². The summed E-state index contributed by atoms with van der Waals surface area (Å²) in [5.74, 6) is -1.37. The van der Waals surface area contributed by atoms with Crippen LogP contribution in [0, 0.1) is 10.1 Å². The van der Waals surface area contributed by atoms with Gasteiger partial charge in [0.25, 0.3) is 0 Å². The Hall–Kier alpha value is -2.49. The van der Waals surface area contributed by atoms with Crippen molar-refractivity contribution in [3.05, 3.63) is 37.1 Å². The lowest BCUT2D eigenvalue weighted by Gasteiger charge is -2.07. The first kappa shape index (κ1) is 12.6. The summed E-state index contributed by atoms with van der Waals surface area (Å²) in [5, 5.41) is 18.9. The molecule has 0 saturated carbocycles. The molecule has 0 fully saturated rings. The summed E-state index contributed by atoms with van der Waals surface area (Å²) in [6, 6.07) is -1.40. The van der Waals surface area contributed by atoms with Gasteiger partial charge in [-0.05, 0) is 0 Å². The van der Waals surface area contributed by atoms with E-state index in [0.29, 0.717) is 10.8 Å². The molecule has 0 radical (unpaired) electrons. The van der Waals surface area contributed by atoms with Gasteiger partial charge in [-0.15, -0.1) is 0 Å². The van der Waals surface area contributed by atoms with Crippen LogP contribution in [0.1, 0.15) is 0 Å². The molecule has 0 aliphatic heterocycles. The minimum atomic E-state index is -1.40. The molecule has 0 amide bonds. The van der Waals surface area contributed by atoms with Gasteiger partial charge in [0.2, 0.25) is 0 Å². The summed E-state index contributed by atoms with van der Waals surface area (Å²) >= 11 is 0. The van der Waals surface area contributed by atoms with E-state index >= 15 is 0 Å². The number of nitro groups is 1. The van der Waals surface area contributed by atoms with Gasteiger partial charge in [-0.25, -0.2) is 4.79 Å². The molecule has 0 aliphatic carbocycles. The number of nitrogens with one attached hydrogen (secondary N) is 1. The third-order valence-electron chi connectivity index (χ3n) is 1.90. The molecule has 1 aromatic rings. The Morgan fingerprint density at radius 1 is 1.65 bits per heavy atom. The molecule has 10 nitrogen and oxygen atoms in total. The number of nitrogens with two attached hydrogens (primary N) is 1. The molecule has 1 rings (SSSR count). The van der Waals surface area contributed by atoms with Crippen molar-refractivity contribution in [3.63, 3.8) is 0 Å². The maximum absolute atomic E-state index is 11.2. The van der Waals surface area contributed by atoms with Crippen LogP contribution in [0.2, 0.25) is 0 Å². The summed E-state index contributed by atoms with van der Waals surface area (Å²) in [5.41, 5.74) is 2.19. The maximum Gasteiger partial charge on any atom is 0.350 e. The molecule has 1 heterocycles. The minimum absolute atomic E-state index is 0.480. The summed E-state index contributed by atoms with van der Waals surface area (Å²) in [7, 11) is 0. The molecule has 1 atom stereocenters. The Balaban J connectivity index is 3.22. The van der Waals surface area contributed by atoms with E-state index in [0.717, 1.165) is 0 Å². The van der Waals surface area contributed by atoms with Crippen LogP contribution in [0.25, 0.3) is 0 Å². The largest absolute Gasteiger partial charge is 0.480 e. The molecule has 92 valence electrons. The number of aliphatic carboxylic acids is 1. The highest BCUT2D eigenvalue weighted by molar-refractivity contribution is 5.72. The number of H-pyrrole nitrogens is 1. The standard InChI is InChI=1S/C7H8N4O6/c8-3(6(13)14)1-10-2-4(11(16)17)5(12)9-7(10)15/h2-3H,1,8H2,(H,13,14)(H,9,12,15)/t3-/m1/s1. The van der Waals surface area contributed by atoms with Crippen molar-refractivity contribution in [1.29, 1.82) is 0 Å². The van der Waals surface area contributed by atoms with Gasteiger partial charge in [0.05, 0.1) is 17.7 Å². The lowest BCUT2D eigenvalue weighted by Crippen LogP contribution is -2.40. The van der Waals surface area contributed by atoms with Crippen molar-refractivity contribution in [1.82, 2.24) is 9.55 Å². The third-order valence-corrected chi connectivity index (χ3v) is 1.90. The molecule has 0 aromatic carbocycles. The molecule has 4 N–H and O–H groups in total. The van der Waals surface area contributed by atoms with Crippen LogP contribution in [-0.4, -0.2) is 31.6 Å². The van der Waals surface area contributed by atoms with Crippen LogP contribution in [0.5, 0.6) is 0 Å². The Morgan fingerprint density at radius 3 is 2.71 bits per heavy atom. The summed E-state index contributed by atoms with van der Waals surface area (Å²) < 4.78 is 0.665. The highest BCUT2D eigenvalue weighted by Crippen LogP contribution is 1.99. The zero-order valence-corrected chi connectivity index (χ0v) is 8.32. The number of hydrogen-bond donors (Lipinski definition) is 3. The van der Waals surface area contributed by atoms with Gasteiger partial charge in [0.15, 0.2) is 0 Å². The van der Waals surface area contributed by atoms with Crippen LogP contribution in [0.4, 0.5) is 5.69 Å². The molecular weight excluding hydrogens is 236 g/mol. The zero-order chi connectivity index (χ0) is 13.2. The first-order valence-corrected chi connectivity index (χ1v) is 4.29. The van der Waals surface area contributed by atoms with E-state index in [9.17, 15) is 24.5 Å². The Labute approximate surface area is 92.4 Å². The summed E-state index contributed by atoms with van der Waals surface area (Å²) in [6.07, 6.45) is 0.657. The molecule has 10 heteroatoms. The van der Waals surface area contributed by atoms with E-state index in [1.54, 1.807) is 4.98 Å². The fourth-order valence-corrected chi connectivity index (χ4v) is 1.05. The van der Waals surface area contributed by atoms with Crippen LogP contribution in [-0.2, 0) is 11.3 Å². The predicted molar refractivity (Wildman–Crippen MR) is 53.6 cm³/mol. The Kier molecular flexibility index (Phi) is 3.38. The smallest absolute Gasteiger partial charge is 0.350 e. The molecule has 0 aliphatic rings. The monoisotopic (exact) mass is 244 g/mol. The third kappa shape index (κ3) is 2.75. The second-order valence-corrected chi connectivity index (χ2v) is 3.13. The van der Waals surface area contributed by atoms with Crippen LogP contribution in [0.15, 0.2) is 15.8 Å². The number of hydrogen-bond acceptors (Lipinski definition) is 6. The van der Waals surface area contributed by atoms with Crippen LogP contribution in [0.3, 0.4) is 0 Å². The second kappa shape index (κ2) is 4.57. The number of rotatable bonds is 4. The second-order valence-electron chi connectivity index (χ2n) is 3.13. The fraction of sp³-hybridized carbons (Fsp3) is 0.286. The number of aromatic amines is 1. The van der Waals surface area contributed by atoms with Crippen LogP contribution < -0.4 is 17.0 Å². The van der Waals surface area contributed by atoms with E-state index in [2.05, 4.69) is 0 Å². The Bertz CT molecular complexity index is 572. The van der Waals surface area contributed by atoms with Gasteiger partial charge in [0.1, 0.15) is 6.04 Å². The van der Waals surface area contributed by atoms with Crippen molar-refractivity contribution < 1.29 is 14.8 Å². The SMILES string of the molecule is N[C@H](Cn1cc([N+](=O)[O-])c(=O)[nH]c1=O)C(=O)O. The van der Waals surface area contributed by atoms with E-state index in [4.69, 9.17) is 10.8 Å². The molecule has 0 spiro atoms. The number of carboxylic acid groups (broad SMARTS) is 1. The first-order valence-electron chi connectivity index (χ1n) is 4.29. The number of carbonyl (C=O) groups is 1. The van der Waals surface area contributed by atoms with Crippen molar-refractivity contribution in [2.75, 3.05) is 0 Å². The Morgan fingerprint density at radius 2 is 2.24 bits per heavy atom. The average Bonchev–Trinajstić information content (AvgIpc) is 2.21. The fourth-order valence-electron chi connectivity index (χ4n) is 1.05. The van der Waals surface area contributed by atoms with Crippen molar-refractivity contribution in [2.45, 2.75) is 12.6 Å². The van der Waals surface area contributed by atoms with Gasteiger partial charge in [-0.2, -0.15) is 0 Å². The number of aromatic nitrogens is 2. The van der Waals surface area contributed by atoms with Gasteiger partial charge < -0.3 is 10.8 Å². The van der Waals surface area contributed by atoms with Crippen molar-refractivity contribution in [2.24, 2.45) is 5.73 Å². The van der Waals surface area contributed by atoms with E-state index in [1.165, 1.54) is 0 Å². The molecule has 0 unspecified atom stereocenters. The highest BCUT2D eigenvalue weighted by Gasteiger charge is 2.18. The topological polar surface area (TPSA) is 161 Å². The molecule has 0 saturated heterocycles. The molecule has 1 aromatic heterocycles. The maximum atomic E-state index is 11.2. The molecular formula is C7H8N4O6. The van der Waals surface area contributed by atoms with Gasteiger partial charge in [-0.3, -0.25) is 29.3 Å². The highest BCUT2D eigenvalue weighted by atomic mass is 16.6. The normalized spacial score (nSPS) is 12.1. The first-order chi connectivity index (χ1) is 7.82. The number of carboxylic acids is 1. The number of nitrogens with zero attached hydrogens (tertiary/aromatic N) is 2. The van der Waals surface area contributed by atoms with Crippen molar-refractivity contribution >= 4 is 11.7 Å². The lowest BCUT2D eigenvalue weighted by molar-refractivity contribution is -0.386. The van der Waals surface area contributed by atoms with Gasteiger partial charge >= 0.3 is 22.9 Å². The van der Waals surface area contributed by atoms with Crippen molar-refractivity contribution in [3.8, 4) is 0 Å². The lowest BCUT2D eigenvalue weighted by atomic mass is 10.3. The van der Waals surface area contributed by atoms with E-state index in [1.807, 2.05) is 0 Å². The van der Waals surface area contributed by atoms with E-state index in [-0.39, 0.29) is 0 Å². The quantitative estimate of drug-likeness (QED) is 0.402. The average molecular weight is 244 g/mol.